The largest absolute Gasteiger partial charge is 0.493 e. The van der Waals surface area contributed by atoms with Gasteiger partial charge < -0.3 is 4.74 Å². The number of rotatable bonds is 5. The Morgan fingerprint density at radius 3 is 2.94 bits per heavy atom. The maximum atomic E-state index is 12.9. The first kappa shape index (κ1) is 12.2. The van der Waals surface area contributed by atoms with Crippen LogP contribution >= 0.6 is 0 Å². The normalized spacial score (nSPS) is 9.56. The molecule has 3 nitrogen and oxygen atoms in total. The molecule has 0 unspecified atom stereocenters. The number of nitrogens with zero attached hydrogens (tertiary/aromatic N) is 1. The maximum absolute atomic E-state index is 12.9. The van der Waals surface area contributed by atoms with E-state index in [1.54, 1.807) is 0 Å². The van der Waals surface area contributed by atoms with Crippen LogP contribution < -0.4 is 4.74 Å². The molecule has 1 aromatic carbocycles. The lowest BCUT2D eigenvalue weighted by molar-refractivity contribution is 0.101. The fourth-order valence-electron chi connectivity index (χ4n) is 1.24. The number of hydrogen-bond acceptors (Lipinski definition) is 3. The molecule has 0 heterocycles. The molecule has 0 bridgehead atoms. The maximum Gasteiger partial charge on any atom is 0.163 e. The fourth-order valence-corrected chi connectivity index (χ4v) is 1.24. The van der Waals surface area contributed by atoms with Gasteiger partial charge in [-0.25, -0.2) is 4.39 Å². The van der Waals surface area contributed by atoms with Crippen molar-refractivity contribution in [2.75, 3.05) is 6.61 Å². The highest BCUT2D eigenvalue weighted by molar-refractivity contribution is 5.96. The Balaban J connectivity index is 2.72. The number of carbonyl (C=O) groups excluding carboxylic acids is 1. The van der Waals surface area contributed by atoms with Crippen LogP contribution in [0, 0.1) is 17.1 Å². The highest BCUT2D eigenvalue weighted by atomic mass is 19.1. The average molecular weight is 221 g/mol. The van der Waals surface area contributed by atoms with Crippen LogP contribution in [-0.2, 0) is 0 Å². The Morgan fingerprint density at radius 1 is 1.56 bits per heavy atom. The number of hydrogen-bond donors (Lipinski definition) is 0. The topological polar surface area (TPSA) is 50.1 Å². The van der Waals surface area contributed by atoms with E-state index in [0.717, 1.165) is 6.07 Å². The number of nitriles is 1. The molecule has 16 heavy (non-hydrogen) atoms. The zero-order chi connectivity index (χ0) is 12.0. The first-order valence-corrected chi connectivity index (χ1v) is 4.95. The van der Waals surface area contributed by atoms with Gasteiger partial charge in [0.1, 0.15) is 11.6 Å². The summed E-state index contributed by atoms with van der Waals surface area (Å²) in [4.78, 5) is 11.2. The molecule has 0 saturated carbocycles. The molecule has 84 valence electrons. The van der Waals surface area contributed by atoms with Gasteiger partial charge in [0.2, 0.25) is 0 Å². The highest BCUT2D eigenvalue weighted by Crippen LogP contribution is 2.20. The van der Waals surface area contributed by atoms with Gasteiger partial charge in [-0.2, -0.15) is 5.26 Å². The van der Waals surface area contributed by atoms with Crippen molar-refractivity contribution in [3.05, 3.63) is 29.6 Å². The zero-order valence-electron chi connectivity index (χ0n) is 9.00. The smallest absolute Gasteiger partial charge is 0.163 e. The van der Waals surface area contributed by atoms with Crippen molar-refractivity contribution in [1.82, 2.24) is 0 Å². The van der Waals surface area contributed by atoms with Crippen molar-refractivity contribution >= 4 is 5.78 Å². The van der Waals surface area contributed by atoms with E-state index in [9.17, 15) is 9.18 Å². The van der Waals surface area contributed by atoms with Gasteiger partial charge in [-0.1, -0.05) is 0 Å². The molecule has 1 aromatic rings. The van der Waals surface area contributed by atoms with E-state index in [0.29, 0.717) is 25.2 Å². The molecule has 0 aliphatic carbocycles. The number of ketones is 1. The van der Waals surface area contributed by atoms with Gasteiger partial charge in [0.25, 0.3) is 0 Å². The molecule has 0 N–H and O–H groups in total. The van der Waals surface area contributed by atoms with E-state index in [1.807, 2.05) is 6.07 Å². The standard InChI is InChI=1S/C12H12FNO2/c1-9(15)11-8-10(13)4-5-12(11)16-7-3-2-6-14/h4-5,8H,2-3,7H2,1H3. The molecule has 4 heteroatoms. The lowest BCUT2D eigenvalue weighted by Crippen LogP contribution is -2.03. The molecule has 0 radical (unpaired) electrons. The predicted octanol–water partition coefficient (Wildman–Crippen LogP) is 2.71. The van der Waals surface area contributed by atoms with E-state index < -0.39 is 5.82 Å². The first-order valence-electron chi connectivity index (χ1n) is 4.95. The molecule has 0 saturated heterocycles. The van der Waals surface area contributed by atoms with Gasteiger partial charge in [0.15, 0.2) is 5.78 Å². The molecule has 0 amide bonds. The van der Waals surface area contributed by atoms with Crippen LogP contribution in [0.2, 0.25) is 0 Å². The second-order valence-corrected chi connectivity index (χ2v) is 3.31. The van der Waals surface area contributed by atoms with Gasteiger partial charge in [-0.05, 0) is 31.5 Å². The van der Waals surface area contributed by atoms with Crippen molar-refractivity contribution < 1.29 is 13.9 Å². The zero-order valence-corrected chi connectivity index (χ0v) is 9.00. The van der Waals surface area contributed by atoms with E-state index in [-0.39, 0.29) is 11.3 Å². The lowest BCUT2D eigenvalue weighted by Gasteiger charge is -2.08. The summed E-state index contributed by atoms with van der Waals surface area (Å²) in [5.41, 5.74) is 0.233. The number of carbonyl (C=O) groups is 1. The monoisotopic (exact) mass is 221 g/mol. The number of ether oxygens (including phenoxy) is 1. The predicted molar refractivity (Wildman–Crippen MR) is 56.7 cm³/mol. The van der Waals surface area contributed by atoms with Crippen molar-refractivity contribution in [3.8, 4) is 11.8 Å². The van der Waals surface area contributed by atoms with Crippen LogP contribution in [0.5, 0.6) is 5.75 Å². The van der Waals surface area contributed by atoms with Crippen LogP contribution in [0.15, 0.2) is 18.2 Å². The Bertz CT molecular complexity index is 424. The Kier molecular flexibility index (Phi) is 4.46. The first-order chi connectivity index (χ1) is 7.65. The molecule has 0 aliphatic heterocycles. The second-order valence-electron chi connectivity index (χ2n) is 3.31. The molecular weight excluding hydrogens is 209 g/mol. The third-order valence-corrected chi connectivity index (χ3v) is 2.01. The summed E-state index contributed by atoms with van der Waals surface area (Å²) in [7, 11) is 0. The van der Waals surface area contributed by atoms with Crippen molar-refractivity contribution in [1.29, 1.82) is 5.26 Å². The van der Waals surface area contributed by atoms with Gasteiger partial charge in [-0.3, -0.25) is 4.79 Å². The Labute approximate surface area is 93.5 Å². The van der Waals surface area contributed by atoms with Crippen molar-refractivity contribution in [3.63, 3.8) is 0 Å². The van der Waals surface area contributed by atoms with Crippen molar-refractivity contribution in [2.45, 2.75) is 19.8 Å². The third kappa shape index (κ3) is 3.35. The number of benzene rings is 1. The second kappa shape index (κ2) is 5.86. The van der Waals surface area contributed by atoms with Crippen LogP contribution in [0.4, 0.5) is 4.39 Å². The highest BCUT2D eigenvalue weighted by Gasteiger charge is 2.09. The van der Waals surface area contributed by atoms with Crippen LogP contribution in [-0.4, -0.2) is 12.4 Å². The Morgan fingerprint density at radius 2 is 2.31 bits per heavy atom. The minimum atomic E-state index is -0.463. The molecule has 0 fully saturated rings. The summed E-state index contributed by atoms with van der Waals surface area (Å²) in [5, 5.41) is 8.33. The average Bonchev–Trinajstić information content (AvgIpc) is 2.26. The lowest BCUT2D eigenvalue weighted by atomic mass is 10.1. The van der Waals surface area contributed by atoms with E-state index in [4.69, 9.17) is 10.00 Å². The van der Waals surface area contributed by atoms with Gasteiger partial charge in [0.05, 0.1) is 18.2 Å². The van der Waals surface area contributed by atoms with Crippen molar-refractivity contribution in [2.24, 2.45) is 0 Å². The molecule has 0 spiro atoms. The summed E-state index contributed by atoms with van der Waals surface area (Å²) < 4.78 is 18.2. The fraction of sp³-hybridized carbons (Fsp3) is 0.333. The SMILES string of the molecule is CC(=O)c1cc(F)ccc1OCCCC#N. The third-order valence-electron chi connectivity index (χ3n) is 2.01. The summed E-state index contributed by atoms with van der Waals surface area (Å²) in [6.45, 7) is 1.70. The van der Waals surface area contributed by atoms with Crippen LogP contribution in [0.25, 0.3) is 0 Å². The van der Waals surface area contributed by atoms with E-state index in [1.165, 1.54) is 19.1 Å². The van der Waals surface area contributed by atoms with Gasteiger partial charge >= 0.3 is 0 Å². The van der Waals surface area contributed by atoms with Crippen LogP contribution in [0.3, 0.4) is 0 Å². The minimum absolute atomic E-state index is 0.233. The molecular formula is C12H12FNO2. The molecule has 0 atom stereocenters. The molecule has 0 aliphatic rings. The number of halogens is 1. The minimum Gasteiger partial charge on any atom is -0.493 e. The molecule has 1 rings (SSSR count). The van der Waals surface area contributed by atoms with E-state index in [2.05, 4.69) is 0 Å². The summed E-state index contributed by atoms with van der Waals surface area (Å²) in [5.74, 6) is -0.337. The summed E-state index contributed by atoms with van der Waals surface area (Å²) in [6.07, 6.45) is 0.988. The van der Waals surface area contributed by atoms with Crippen LogP contribution in [0.1, 0.15) is 30.1 Å². The Hall–Kier alpha value is -1.89. The number of Topliss-reactive ketones (excluding diaryl/α,β-unsaturated/α-hetero) is 1. The number of unbranched alkanes of at least 4 members (excludes halogenated alkanes) is 1. The molecule has 0 aromatic heterocycles. The quantitative estimate of drug-likeness (QED) is 0.567. The summed E-state index contributed by atoms with van der Waals surface area (Å²) in [6, 6.07) is 5.82. The van der Waals surface area contributed by atoms with Gasteiger partial charge in [0, 0.05) is 6.42 Å². The van der Waals surface area contributed by atoms with Gasteiger partial charge in [-0.15, -0.1) is 0 Å². The van der Waals surface area contributed by atoms with E-state index >= 15 is 0 Å². The summed E-state index contributed by atoms with van der Waals surface area (Å²) >= 11 is 0.